The van der Waals surface area contributed by atoms with E-state index in [1.165, 1.54) is 25.7 Å². The van der Waals surface area contributed by atoms with E-state index in [1.807, 2.05) is 0 Å². The molecule has 0 aromatic carbocycles. The van der Waals surface area contributed by atoms with Gasteiger partial charge in [0.05, 0.1) is 5.60 Å². The SMILES string of the molecule is CCOC1(C(N)CC2CCOCC2)CCCC(C)C1. The number of hydrogen-bond donors (Lipinski definition) is 1. The van der Waals surface area contributed by atoms with Gasteiger partial charge in [-0.3, -0.25) is 0 Å². The highest BCUT2D eigenvalue weighted by molar-refractivity contribution is 4.96. The number of ether oxygens (including phenoxy) is 2. The Labute approximate surface area is 118 Å². The standard InChI is InChI=1S/C16H31NO2/c1-3-19-16(8-4-5-13(2)12-16)15(17)11-14-6-9-18-10-7-14/h13-15H,3-12,17H2,1-2H3. The van der Waals surface area contributed by atoms with Gasteiger partial charge in [-0.05, 0) is 50.9 Å². The molecule has 1 aliphatic heterocycles. The fourth-order valence-electron chi connectivity index (χ4n) is 3.96. The van der Waals surface area contributed by atoms with E-state index in [1.54, 1.807) is 0 Å². The van der Waals surface area contributed by atoms with Crippen LogP contribution in [0.2, 0.25) is 0 Å². The van der Waals surface area contributed by atoms with Gasteiger partial charge in [-0.15, -0.1) is 0 Å². The number of rotatable bonds is 5. The van der Waals surface area contributed by atoms with E-state index in [2.05, 4.69) is 13.8 Å². The summed E-state index contributed by atoms with van der Waals surface area (Å²) in [6, 6.07) is 0.193. The van der Waals surface area contributed by atoms with Crippen LogP contribution in [0, 0.1) is 11.8 Å². The molecule has 19 heavy (non-hydrogen) atoms. The maximum Gasteiger partial charge on any atom is 0.0835 e. The Morgan fingerprint density at radius 1 is 1.32 bits per heavy atom. The first-order valence-electron chi connectivity index (χ1n) is 8.13. The van der Waals surface area contributed by atoms with Gasteiger partial charge in [0.2, 0.25) is 0 Å². The minimum Gasteiger partial charge on any atom is -0.381 e. The van der Waals surface area contributed by atoms with Gasteiger partial charge in [-0.1, -0.05) is 19.8 Å². The van der Waals surface area contributed by atoms with E-state index in [9.17, 15) is 0 Å². The lowest BCUT2D eigenvalue weighted by atomic mass is 9.72. The molecule has 0 bridgehead atoms. The molecule has 3 nitrogen and oxygen atoms in total. The van der Waals surface area contributed by atoms with Gasteiger partial charge >= 0.3 is 0 Å². The third-order valence-electron chi connectivity index (χ3n) is 5.03. The summed E-state index contributed by atoms with van der Waals surface area (Å²) in [5.74, 6) is 1.49. The van der Waals surface area contributed by atoms with Gasteiger partial charge in [0.15, 0.2) is 0 Å². The molecule has 0 aromatic heterocycles. The fraction of sp³-hybridized carbons (Fsp3) is 1.00. The topological polar surface area (TPSA) is 44.5 Å². The first kappa shape index (κ1) is 15.3. The van der Waals surface area contributed by atoms with Gasteiger partial charge in [0.25, 0.3) is 0 Å². The van der Waals surface area contributed by atoms with Crippen molar-refractivity contribution in [3.63, 3.8) is 0 Å². The van der Waals surface area contributed by atoms with Crippen molar-refractivity contribution in [3.05, 3.63) is 0 Å². The molecular formula is C16H31NO2. The molecule has 3 atom stereocenters. The molecular weight excluding hydrogens is 238 g/mol. The summed E-state index contributed by atoms with van der Waals surface area (Å²) < 4.78 is 11.6. The lowest BCUT2D eigenvalue weighted by molar-refractivity contribution is -0.0985. The molecule has 1 saturated carbocycles. The van der Waals surface area contributed by atoms with Gasteiger partial charge in [-0.2, -0.15) is 0 Å². The van der Waals surface area contributed by atoms with Crippen LogP contribution in [-0.2, 0) is 9.47 Å². The van der Waals surface area contributed by atoms with Crippen LogP contribution < -0.4 is 5.73 Å². The summed E-state index contributed by atoms with van der Waals surface area (Å²) in [6.45, 7) is 7.05. The van der Waals surface area contributed by atoms with Crippen LogP contribution in [0.5, 0.6) is 0 Å². The summed E-state index contributed by atoms with van der Waals surface area (Å²) in [4.78, 5) is 0. The Morgan fingerprint density at radius 3 is 2.68 bits per heavy atom. The monoisotopic (exact) mass is 269 g/mol. The summed E-state index contributed by atoms with van der Waals surface area (Å²) in [6.07, 6.45) is 8.34. The molecule has 0 amide bonds. The second-order valence-electron chi connectivity index (χ2n) is 6.60. The lowest BCUT2D eigenvalue weighted by Gasteiger charge is -2.45. The highest BCUT2D eigenvalue weighted by atomic mass is 16.5. The smallest absolute Gasteiger partial charge is 0.0835 e. The van der Waals surface area contributed by atoms with Crippen LogP contribution in [0.4, 0.5) is 0 Å². The molecule has 112 valence electrons. The van der Waals surface area contributed by atoms with E-state index < -0.39 is 0 Å². The Balaban J connectivity index is 1.96. The molecule has 3 heteroatoms. The van der Waals surface area contributed by atoms with Crippen LogP contribution in [0.25, 0.3) is 0 Å². The molecule has 2 rings (SSSR count). The first-order chi connectivity index (χ1) is 9.16. The minimum absolute atomic E-state index is 0.0509. The molecule has 0 aromatic rings. The average Bonchev–Trinajstić information content (AvgIpc) is 2.40. The Bertz CT molecular complexity index is 261. The third kappa shape index (κ3) is 3.93. The van der Waals surface area contributed by atoms with Gasteiger partial charge in [0.1, 0.15) is 0 Å². The van der Waals surface area contributed by atoms with Crippen LogP contribution in [0.3, 0.4) is 0 Å². The molecule has 2 N–H and O–H groups in total. The van der Waals surface area contributed by atoms with Crippen molar-refractivity contribution >= 4 is 0 Å². The van der Waals surface area contributed by atoms with E-state index in [-0.39, 0.29) is 11.6 Å². The van der Waals surface area contributed by atoms with E-state index >= 15 is 0 Å². The fourth-order valence-corrected chi connectivity index (χ4v) is 3.96. The van der Waals surface area contributed by atoms with Crippen molar-refractivity contribution in [2.75, 3.05) is 19.8 Å². The van der Waals surface area contributed by atoms with Crippen LogP contribution >= 0.6 is 0 Å². The third-order valence-corrected chi connectivity index (χ3v) is 5.03. The largest absolute Gasteiger partial charge is 0.381 e. The van der Waals surface area contributed by atoms with Crippen molar-refractivity contribution in [3.8, 4) is 0 Å². The number of hydrogen-bond acceptors (Lipinski definition) is 3. The van der Waals surface area contributed by atoms with Crippen molar-refractivity contribution in [1.82, 2.24) is 0 Å². The van der Waals surface area contributed by atoms with Crippen molar-refractivity contribution in [1.29, 1.82) is 0 Å². The predicted octanol–water partition coefficient (Wildman–Crippen LogP) is 3.12. The molecule has 3 unspecified atom stereocenters. The molecule has 2 fully saturated rings. The maximum atomic E-state index is 6.60. The van der Waals surface area contributed by atoms with Crippen LogP contribution in [-0.4, -0.2) is 31.5 Å². The first-order valence-corrected chi connectivity index (χ1v) is 8.13. The van der Waals surface area contributed by atoms with Crippen molar-refractivity contribution < 1.29 is 9.47 Å². The van der Waals surface area contributed by atoms with Gasteiger partial charge < -0.3 is 15.2 Å². The second-order valence-corrected chi connectivity index (χ2v) is 6.60. The van der Waals surface area contributed by atoms with E-state index in [4.69, 9.17) is 15.2 Å². The summed E-state index contributed by atoms with van der Waals surface area (Å²) in [7, 11) is 0. The molecule has 0 radical (unpaired) electrons. The highest BCUT2D eigenvalue weighted by Crippen LogP contribution is 2.39. The number of nitrogens with two attached hydrogens (primary N) is 1. The minimum atomic E-state index is -0.0509. The zero-order valence-corrected chi connectivity index (χ0v) is 12.7. The Morgan fingerprint density at radius 2 is 2.05 bits per heavy atom. The summed E-state index contributed by atoms with van der Waals surface area (Å²) >= 11 is 0. The molecule has 1 heterocycles. The van der Waals surface area contributed by atoms with E-state index in [0.717, 1.165) is 50.9 Å². The normalized spacial score (nSPS) is 35.2. The van der Waals surface area contributed by atoms with Crippen molar-refractivity contribution in [2.24, 2.45) is 17.6 Å². The summed E-state index contributed by atoms with van der Waals surface area (Å²) in [5, 5.41) is 0. The molecule has 0 spiro atoms. The quantitative estimate of drug-likeness (QED) is 0.834. The molecule has 1 saturated heterocycles. The molecule has 1 aliphatic carbocycles. The zero-order chi connectivity index (χ0) is 13.7. The van der Waals surface area contributed by atoms with E-state index in [0.29, 0.717) is 0 Å². The predicted molar refractivity (Wildman–Crippen MR) is 78.1 cm³/mol. The van der Waals surface area contributed by atoms with Crippen molar-refractivity contribution in [2.45, 2.75) is 70.4 Å². The second kappa shape index (κ2) is 7.05. The zero-order valence-electron chi connectivity index (χ0n) is 12.7. The van der Waals surface area contributed by atoms with Crippen LogP contribution in [0.1, 0.15) is 58.8 Å². The lowest BCUT2D eigenvalue weighted by Crippen LogP contribution is -2.53. The van der Waals surface area contributed by atoms with Gasteiger partial charge in [-0.25, -0.2) is 0 Å². The summed E-state index contributed by atoms with van der Waals surface area (Å²) in [5.41, 5.74) is 6.55. The maximum absolute atomic E-state index is 6.60. The average molecular weight is 269 g/mol. The van der Waals surface area contributed by atoms with Crippen LogP contribution in [0.15, 0.2) is 0 Å². The molecule has 2 aliphatic rings. The van der Waals surface area contributed by atoms with Gasteiger partial charge in [0, 0.05) is 25.9 Å². The Hall–Kier alpha value is -0.120. The Kier molecular flexibility index (Phi) is 5.67. The highest BCUT2D eigenvalue weighted by Gasteiger charge is 2.41.